The molecule has 74 valence electrons. The molecular formula is C12H14O2. The van der Waals surface area contributed by atoms with Gasteiger partial charge in [-0.15, -0.1) is 0 Å². The summed E-state index contributed by atoms with van der Waals surface area (Å²) in [5.41, 5.74) is 0. The molecule has 3 aliphatic rings. The Morgan fingerprint density at radius 3 is 3.21 bits per heavy atom. The van der Waals surface area contributed by atoms with E-state index in [4.69, 9.17) is 4.74 Å². The molecule has 1 saturated carbocycles. The fraction of sp³-hybridized carbons (Fsp3) is 0.583. The Bertz CT molecular complexity index is 340. The van der Waals surface area contributed by atoms with Gasteiger partial charge in [0.15, 0.2) is 0 Å². The molecule has 14 heavy (non-hydrogen) atoms. The van der Waals surface area contributed by atoms with Gasteiger partial charge in [0.2, 0.25) is 0 Å². The number of fused-ring (bicyclic) bond motifs is 5. The minimum atomic E-state index is -0.175. The lowest BCUT2D eigenvalue weighted by atomic mass is 9.85. The smallest absolute Gasteiger partial charge is 0.307 e. The van der Waals surface area contributed by atoms with Gasteiger partial charge in [-0.3, -0.25) is 4.79 Å². The number of carbonyl (C=O) groups is 1. The van der Waals surface area contributed by atoms with Crippen LogP contribution in [0.3, 0.4) is 0 Å². The van der Waals surface area contributed by atoms with Crippen LogP contribution in [-0.2, 0) is 9.53 Å². The summed E-state index contributed by atoms with van der Waals surface area (Å²) >= 11 is 0. The van der Waals surface area contributed by atoms with E-state index in [-0.39, 0.29) is 5.97 Å². The summed E-state index contributed by atoms with van der Waals surface area (Å²) in [6.07, 6.45) is 9.16. The van der Waals surface area contributed by atoms with E-state index < -0.39 is 0 Å². The molecule has 3 rings (SSSR count). The first-order valence-electron chi connectivity index (χ1n) is 5.32. The lowest BCUT2D eigenvalue weighted by molar-refractivity contribution is -0.137. The minimum Gasteiger partial charge on any atom is -0.431 e. The van der Waals surface area contributed by atoms with Gasteiger partial charge in [-0.25, -0.2) is 0 Å². The van der Waals surface area contributed by atoms with Crippen LogP contribution in [0, 0.1) is 23.7 Å². The number of ether oxygens (including phenoxy) is 1. The minimum absolute atomic E-state index is 0.175. The van der Waals surface area contributed by atoms with E-state index in [0.717, 1.165) is 17.6 Å². The van der Waals surface area contributed by atoms with Crippen molar-refractivity contribution in [1.29, 1.82) is 0 Å². The predicted molar refractivity (Wildman–Crippen MR) is 52.2 cm³/mol. The molecule has 0 spiro atoms. The Kier molecular flexibility index (Phi) is 1.61. The summed E-state index contributed by atoms with van der Waals surface area (Å²) in [6, 6.07) is 0. The van der Waals surface area contributed by atoms with Crippen LogP contribution < -0.4 is 0 Å². The van der Waals surface area contributed by atoms with Crippen LogP contribution in [-0.4, -0.2) is 5.97 Å². The van der Waals surface area contributed by atoms with Crippen molar-refractivity contribution in [2.45, 2.75) is 19.8 Å². The first-order valence-corrected chi connectivity index (χ1v) is 5.32. The summed E-state index contributed by atoms with van der Waals surface area (Å²) in [5.74, 6) is 3.39. The van der Waals surface area contributed by atoms with Gasteiger partial charge in [0.1, 0.15) is 5.76 Å². The maximum absolute atomic E-state index is 10.9. The molecule has 1 fully saturated rings. The molecule has 0 amide bonds. The van der Waals surface area contributed by atoms with Gasteiger partial charge < -0.3 is 4.74 Å². The van der Waals surface area contributed by atoms with Crippen LogP contribution >= 0.6 is 0 Å². The second-order valence-electron chi connectivity index (χ2n) is 4.57. The lowest BCUT2D eigenvalue weighted by Crippen LogP contribution is -2.19. The maximum Gasteiger partial charge on any atom is 0.307 e. The second kappa shape index (κ2) is 2.72. The Hall–Kier alpha value is -1.05. The molecule has 0 unspecified atom stereocenters. The summed E-state index contributed by atoms with van der Waals surface area (Å²) in [5, 5.41) is 0. The number of allylic oxidation sites excluding steroid dienone is 4. The Labute approximate surface area is 83.6 Å². The van der Waals surface area contributed by atoms with E-state index in [1.54, 1.807) is 0 Å². The Morgan fingerprint density at radius 2 is 2.43 bits per heavy atom. The van der Waals surface area contributed by atoms with Crippen molar-refractivity contribution in [3.63, 3.8) is 0 Å². The number of rotatable bonds is 1. The van der Waals surface area contributed by atoms with Crippen LogP contribution in [0.25, 0.3) is 0 Å². The van der Waals surface area contributed by atoms with E-state index in [9.17, 15) is 4.79 Å². The van der Waals surface area contributed by atoms with Gasteiger partial charge in [-0.05, 0) is 36.7 Å². The highest BCUT2D eigenvalue weighted by Crippen LogP contribution is 2.55. The number of carbonyl (C=O) groups excluding carboxylic acids is 1. The summed E-state index contributed by atoms with van der Waals surface area (Å²) in [7, 11) is 0. The van der Waals surface area contributed by atoms with E-state index >= 15 is 0 Å². The van der Waals surface area contributed by atoms with Crippen molar-refractivity contribution in [1.82, 2.24) is 0 Å². The maximum atomic E-state index is 10.9. The molecule has 0 saturated heterocycles. The molecule has 0 aromatic rings. The molecule has 0 heterocycles. The lowest BCUT2D eigenvalue weighted by Gasteiger charge is -2.23. The molecule has 0 N–H and O–H groups in total. The Balaban J connectivity index is 1.84. The highest BCUT2D eigenvalue weighted by Gasteiger charge is 2.49. The van der Waals surface area contributed by atoms with Gasteiger partial charge in [0.05, 0.1) is 0 Å². The normalized spacial score (nSPS) is 42.5. The summed E-state index contributed by atoms with van der Waals surface area (Å²) in [4.78, 5) is 10.9. The molecule has 0 aliphatic heterocycles. The van der Waals surface area contributed by atoms with E-state index in [1.807, 2.05) is 0 Å². The van der Waals surface area contributed by atoms with Crippen molar-refractivity contribution in [3.8, 4) is 0 Å². The van der Waals surface area contributed by atoms with Crippen molar-refractivity contribution < 1.29 is 9.53 Å². The van der Waals surface area contributed by atoms with Crippen LogP contribution in [0.4, 0.5) is 0 Å². The molecule has 3 aliphatic carbocycles. The molecular weight excluding hydrogens is 176 g/mol. The van der Waals surface area contributed by atoms with Crippen molar-refractivity contribution in [2.24, 2.45) is 23.7 Å². The third-order valence-corrected chi connectivity index (χ3v) is 3.80. The zero-order chi connectivity index (χ0) is 9.71. The fourth-order valence-electron chi connectivity index (χ4n) is 3.33. The Morgan fingerprint density at radius 1 is 1.57 bits per heavy atom. The monoisotopic (exact) mass is 190 g/mol. The van der Waals surface area contributed by atoms with Crippen molar-refractivity contribution >= 4 is 5.97 Å². The number of esters is 1. The molecule has 0 aromatic heterocycles. The van der Waals surface area contributed by atoms with Gasteiger partial charge in [-0.2, -0.15) is 0 Å². The van der Waals surface area contributed by atoms with E-state index in [0.29, 0.717) is 11.8 Å². The third-order valence-electron chi connectivity index (χ3n) is 3.80. The highest BCUT2D eigenvalue weighted by atomic mass is 16.5. The van der Waals surface area contributed by atoms with E-state index in [1.165, 1.54) is 19.8 Å². The average Bonchev–Trinajstić information content (AvgIpc) is 2.68. The standard InChI is InChI=1S/C12H14O2/c1-7(13)14-12-6-8-5-11(12)10-4-2-3-9(8)10/h2-3,6,8-11H,4-5H2,1H3/t8-,9+,10+,11-/m1/s1. The van der Waals surface area contributed by atoms with Gasteiger partial charge in [0.25, 0.3) is 0 Å². The van der Waals surface area contributed by atoms with Gasteiger partial charge in [0, 0.05) is 12.8 Å². The molecule has 2 bridgehead atoms. The molecule has 4 atom stereocenters. The van der Waals surface area contributed by atoms with Crippen LogP contribution in [0.2, 0.25) is 0 Å². The van der Waals surface area contributed by atoms with Crippen molar-refractivity contribution in [3.05, 3.63) is 24.0 Å². The van der Waals surface area contributed by atoms with Crippen LogP contribution in [0.15, 0.2) is 24.0 Å². The molecule has 2 nitrogen and oxygen atoms in total. The van der Waals surface area contributed by atoms with Crippen LogP contribution in [0.5, 0.6) is 0 Å². The predicted octanol–water partition coefficient (Wildman–Crippen LogP) is 2.28. The van der Waals surface area contributed by atoms with Crippen molar-refractivity contribution in [2.75, 3.05) is 0 Å². The SMILES string of the molecule is CC(=O)OC1=C[C@H]2C[C@@H]1[C@H]1CC=C[C@H]12. The average molecular weight is 190 g/mol. The first-order chi connectivity index (χ1) is 6.75. The zero-order valence-electron chi connectivity index (χ0n) is 8.27. The summed E-state index contributed by atoms with van der Waals surface area (Å²) in [6.45, 7) is 1.48. The number of hydrogen-bond acceptors (Lipinski definition) is 2. The molecule has 0 radical (unpaired) electrons. The second-order valence-corrected chi connectivity index (χ2v) is 4.57. The largest absolute Gasteiger partial charge is 0.431 e. The van der Waals surface area contributed by atoms with E-state index in [2.05, 4.69) is 18.2 Å². The van der Waals surface area contributed by atoms with Crippen LogP contribution in [0.1, 0.15) is 19.8 Å². The highest BCUT2D eigenvalue weighted by molar-refractivity contribution is 5.67. The van der Waals surface area contributed by atoms with Gasteiger partial charge in [-0.1, -0.05) is 12.2 Å². The third kappa shape index (κ3) is 0.999. The first kappa shape index (κ1) is 8.27. The number of hydrogen-bond donors (Lipinski definition) is 0. The summed E-state index contributed by atoms with van der Waals surface area (Å²) < 4.78 is 5.25. The van der Waals surface area contributed by atoms with Gasteiger partial charge >= 0.3 is 5.97 Å². The topological polar surface area (TPSA) is 26.3 Å². The fourth-order valence-corrected chi connectivity index (χ4v) is 3.33. The zero-order valence-corrected chi connectivity index (χ0v) is 8.27. The quantitative estimate of drug-likeness (QED) is 0.468. The molecule has 0 aromatic carbocycles. The molecule has 2 heteroatoms.